The summed E-state index contributed by atoms with van der Waals surface area (Å²) in [5.74, 6) is -1.29. The lowest BCUT2D eigenvalue weighted by Gasteiger charge is -2.35. The number of hydrogen-bond acceptors (Lipinski definition) is 4. The number of imidazole rings is 1. The molecule has 2 aromatic carbocycles. The molecule has 2 aromatic heterocycles. The number of carbonyl (C=O) groups is 2. The Morgan fingerprint density at radius 3 is 2.50 bits per heavy atom. The molecular formula is C32H34N2O4. The lowest BCUT2D eigenvalue weighted by molar-refractivity contribution is -0.153. The van der Waals surface area contributed by atoms with Crippen LogP contribution in [-0.4, -0.2) is 26.4 Å². The molecule has 0 unspecified atom stereocenters. The van der Waals surface area contributed by atoms with Gasteiger partial charge in [0, 0.05) is 6.20 Å². The van der Waals surface area contributed by atoms with Crippen molar-refractivity contribution in [1.82, 2.24) is 9.38 Å². The highest BCUT2D eigenvalue weighted by Gasteiger charge is 2.43. The fraction of sp³-hybridized carbons (Fsp3) is 0.344. The molecule has 5 rings (SSSR count). The van der Waals surface area contributed by atoms with Crippen molar-refractivity contribution in [1.29, 1.82) is 0 Å². The zero-order valence-electron chi connectivity index (χ0n) is 22.1. The van der Waals surface area contributed by atoms with Gasteiger partial charge in [-0.05, 0) is 60.6 Å². The van der Waals surface area contributed by atoms with Gasteiger partial charge >= 0.3 is 11.9 Å². The molecular weight excluding hydrogens is 476 g/mol. The number of nitrogens with zero attached hydrogens (tertiary/aromatic N) is 2. The standard InChI is InChI=1S/C32H34N2O4/c1-3-10-25-20-34-26(15-13-22(2)29(34)33-25)21-38-31(37)32(17-8-5-9-18-32)24-14-16-27(28(19-24)30(35)36)23-11-6-4-7-12-23/h4,6-7,11-16,19-20H,3,5,8-10,17-18,21H2,1-2H3,(H,35,36). The first kappa shape index (κ1) is 25.7. The van der Waals surface area contributed by atoms with Crippen molar-refractivity contribution in [2.75, 3.05) is 0 Å². The monoisotopic (exact) mass is 510 g/mol. The van der Waals surface area contributed by atoms with Crippen molar-refractivity contribution in [3.05, 3.63) is 94.9 Å². The van der Waals surface area contributed by atoms with Crippen molar-refractivity contribution in [2.45, 2.75) is 70.8 Å². The maximum absolute atomic E-state index is 13.8. The normalized spacial score (nSPS) is 14.9. The molecule has 0 saturated heterocycles. The van der Waals surface area contributed by atoms with Crippen LogP contribution in [0.1, 0.15) is 78.3 Å². The molecule has 1 aliphatic rings. The van der Waals surface area contributed by atoms with E-state index in [9.17, 15) is 14.7 Å². The first-order valence-corrected chi connectivity index (χ1v) is 13.5. The van der Waals surface area contributed by atoms with Crippen LogP contribution in [0.3, 0.4) is 0 Å². The number of rotatable bonds is 8. The Morgan fingerprint density at radius 1 is 1.03 bits per heavy atom. The number of aromatic nitrogens is 2. The Kier molecular flexibility index (Phi) is 7.32. The number of pyridine rings is 1. The van der Waals surface area contributed by atoms with Gasteiger partial charge in [0.25, 0.3) is 0 Å². The summed E-state index contributed by atoms with van der Waals surface area (Å²) in [5, 5.41) is 10.1. The van der Waals surface area contributed by atoms with Gasteiger partial charge in [-0.25, -0.2) is 9.78 Å². The second-order valence-corrected chi connectivity index (χ2v) is 10.3. The molecule has 4 aromatic rings. The lowest BCUT2D eigenvalue weighted by atomic mass is 9.69. The van der Waals surface area contributed by atoms with Gasteiger partial charge in [-0.15, -0.1) is 0 Å². The van der Waals surface area contributed by atoms with E-state index in [-0.39, 0.29) is 18.1 Å². The van der Waals surface area contributed by atoms with Crippen molar-refractivity contribution >= 4 is 17.6 Å². The van der Waals surface area contributed by atoms with Crippen LogP contribution in [-0.2, 0) is 28.0 Å². The summed E-state index contributed by atoms with van der Waals surface area (Å²) in [7, 11) is 0. The second kappa shape index (κ2) is 10.8. The van der Waals surface area contributed by atoms with Crippen LogP contribution >= 0.6 is 0 Å². The molecule has 1 aliphatic carbocycles. The number of benzene rings is 2. The molecule has 0 atom stereocenters. The topological polar surface area (TPSA) is 80.9 Å². The average molecular weight is 511 g/mol. The van der Waals surface area contributed by atoms with Gasteiger partial charge in [0.1, 0.15) is 12.3 Å². The van der Waals surface area contributed by atoms with Crippen LogP contribution in [0.4, 0.5) is 0 Å². The van der Waals surface area contributed by atoms with Crippen LogP contribution < -0.4 is 0 Å². The molecule has 0 amide bonds. The predicted octanol–water partition coefficient (Wildman–Crippen LogP) is 6.91. The minimum atomic E-state index is -1.00. The van der Waals surface area contributed by atoms with E-state index in [1.807, 2.05) is 72.1 Å². The summed E-state index contributed by atoms with van der Waals surface area (Å²) in [6.45, 7) is 4.29. The number of carbonyl (C=O) groups excluding carboxylic acids is 1. The highest BCUT2D eigenvalue weighted by Crippen LogP contribution is 2.42. The number of carboxylic acid groups (broad SMARTS) is 1. The van der Waals surface area contributed by atoms with E-state index in [1.54, 1.807) is 6.07 Å². The van der Waals surface area contributed by atoms with Crippen molar-refractivity contribution < 1.29 is 19.4 Å². The number of ether oxygens (including phenoxy) is 1. The minimum Gasteiger partial charge on any atom is -0.478 e. The maximum Gasteiger partial charge on any atom is 0.336 e. The highest BCUT2D eigenvalue weighted by atomic mass is 16.5. The fourth-order valence-electron chi connectivity index (χ4n) is 5.73. The zero-order chi connectivity index (χ0) is 26.7. The van der Waals surface area contributed by atoms with E-state index in [1.165, 1.54) is 0 Å². The van der Waals surface area contributed by atoms with Gasteiger partial charge < -0.3 is 14.2 Å². The van der Waals surface area contributed by atoms with Crippen molar-refractivity contribution in [3.63, 3.8) is 0 Å². The van der Waals surface area contributed by atoms with E-state index < -0.39 is 11.4 Å². The third-order valence-electron chi connectivity index (χ3n) is 7.79. The Hall–Kier alpha value is -3.93. The predicted molar refractivity (Wildman–Crippen MR) is 147 cm³/mol. The van der Waals surface area contributed by atoms with Gasteiger partial charge in [-0.3, -0.25) is 4.79 Å². The minimum absolute atomic E-state index is 0.132. The number of carboxylic acids is 1. The van der Waals surface area contributed by atoms with Crippen LogP contribution in [0.5, 0.6) is 0 Å². The third-order valence-corrected chi connectivity index (χ3v) is 7.79. The molecule has 38 heavy (non-hydrogen) atoms. The summed E-state index contributed by atoms with van der Waals surface area (Å²) >= 11 is 0. The van der Waals surface area contributed by atoms with Gasteiger partial charge in [0.15, 0.2) is 0 Å². The third kappa shape index (κ3) is 4.83. The Labute approximate surface area is 223 Å². The van der Waals surface area contributed by atoms with Crippen LogP contribution in [0.2, 0.25) is 0 Å². The molecule has 0 bridgehead atoms. The molecule has 6 heteroatoms. The molecule has 0 aliphatic heterocycles. The first-order chi connectivity index (χ1) is 18.4. The van der Waals surface area contributed by atoms with Gasteiger partial charge in [-0.1, -0.05) is 81.1 Å². The summed E-state index contributed by atoms with van der Waals surface area (Å²) in [6.07, 6.45) is 8.08. The molecule has 1 saturated carbocycles. The van der Waals surface area contributed by atoms with E-state index in [2.05, 4.69) is 6.92 Å². The molecule has 6 nitrogen and oxygen atoms in total. The van der Waals surface area contributed by atoms with Crippen LogP contribution in [0.25, 0.3) is 16.8 Å². The molecule has 1 fully saturated rings. The first-order valence-electron chi connectivity index (χ1n) is 13.5. The van der Waals surface area contributed by atoms with E-state index >= 15 is 0 Å². The van der Waals surface area contributed by atoms with Crippen LogP contribution in [0.15, 0.2) is 66.9 Å². The Balaban J connectivity index is 1.47. The van der Waals surface area contributed by atoms with Crippen LogP contribution in [0, 0.1) is 6.92 Å². The lowest BCUT2D eigenvalue weighted by Crippen LogP contribution is -2.39. The highest BCUT2D eigenvalue weighted by molar-refractivity contribution is 5.97. The molecule has 2 heterocycles. The van der Waals surface area contributed by atoms with Gasteiger partial charge in [-0.2, -0.15) is 0 Å². The largest absolute Gasteiger partial charge is 0.478 e. The average Bonchev–Trinajstić information content (AvgIpc) is 3.38. The van der Waals surface area contributed by atoms with E-state index in [4.69, 9.17) is 9.72 Å². The zero-order valence-corrected chi connectivity index (χ0v) is 22.1. The maximum atomic E-state index is 13.8. The smallest absolute Gasteiger partial charge is 0.336 e. The molecule has 0 radical (unpaired) electrons. The van der Waals surface area contributed by atoms with Gasteiger partial charge in [0.05, 0.1) is 22.4 Å². The quantitative estimate of drug-likeness (QED) is 0.261. The van der Waals surface area contributed by atoms with Crippen molar-refractivity contribution in [3.8, 4) is 11.1 Å². The number of esters is 1. The van der Waals surface area contributed by atoms with E-state index in [0.717, 1.165) is 65.8 Å². The second-order valence-electron chi connectivity index (χ2n) is 10.3. The number of fused-ring (bicyclic) bond motifs is 1. The van der Waals surface area contributed by atoms with Gasteiger partial charge in [0.2, 0.25) is 0 Å². The molecule has 1 N–H and O–H groups in total. The fourth-order valence-corrected chi connectivity index (χ4v) is 5.73. The summed E-state index contributed by atoms with van der Waals surface area (Å²) in [6, 6.07) is 18.9. The van der Waals surface area contributed by atoms with Crippen molar-refractivity contribution in [2.24, 2.45) is 0 Å². The molecule has 0 spiro atoms. The summed E-state index contributed by atoms with van der Waals surface area (Å²) in [4.78, 5) is 30.9. The summed E-state index contributed by atoms with van der Waals surface area (Å²) < 4.78 is 8.05. The Bertz CT molecular complexity index is 1470. The van der Waals surface area contributed by atoms with E-state index in [0.29, 0.717) is 18.4 Å². The summed E-state index contributed by atoms with van der Waals surface area (Å²) in [5.41, 5.74) is 5.40. The SMILES string of the molecule is CCCc1cn2c(COC(=O)C3(c4ccc(-c5ccccc5)c(C(=O)O)c4)CCCCC3)ccc(C)c2n1. The Morgan fingerprint density at radius 2 is 1.79 bits per heavy atom. The number of hydrogen-bond donors (Lipinski definition) is 1. The molecule has 196 valence electrons. The number of aryl methyl sites for hydroxylation is 2. The number of aromatic carboxylic acids is 1.